The summed E-state index contributed by atoms with van der Waals surface area (Å²) in [6, 6.07) is 11.0. The first-order valence-corrected chi connectivity index (χ1v) is 8.15. The molecule has 0 aliphatic rings. The van der Waals surface area contributed by atoms with E-state index in [1.54, 1.807) is 0 Å². The number of nitrogens with zero attached hydrogens (tertiary/aromatic N) is 1. The van der Waals surface area contributed by atoms with Gasteiger partial charge in [0.25, 0.3) is 0 Å². The quantitative estimate of drug-likeness (QED) is 0.410. The molecule has 0 atom stereocenters. The number of quaternary nitrogens is 1. The van der Waals surface area contributed by atoms with Crippen molar-refractivity contribution in [2.45, 2.75) is 59.4 Å². The lowest BCUT2D eigenvalue weighted by Gasteiger charge is -2.37. The normalized spacial score (nSPS) is 11.7. The van der Waals surface area contributed by atoms with Gasteiger partial charge in [0, 0.05) is 5.56 Å². The van der Waals surface area contributed by atoms with Crippen LogP contribution < -0.4 is 0 Å². The molecule has 0 saturated heterocycles. The number of unbranched alkanes of at least 4 members (excludes halogenated alkanes) is 4. The molecule has 0 aliphatic carbocycles. The van der Waals surface area contributed by atoms with Crippen molar-refractivity contribution in [2.24, 2.45) is 0 Å². The monoisotopic (exact) mass is 262 g/mol. The van der Waals surface area contributed by atoms with Crippen LogP contribution in [0.3, 0.4) is 0 Å². The van der Waals surface area contributed by atoms with Gasteiger partial charge in [0.05, 0.1) is 19.6 Å². The van der Waals surface area contributed by atoms with Gasteiger partial charge >= 0.3 is 0 Å². The van der Waals surface area contributed by atoms with Crippen LogP contribution in [0.1, 0.15) is 58.4 Å². The zero-order chi connectivity index (χ0) is 14.0. The van der Waals surface area contributed by atoms with Crippen molar-refractivity contribution in [3.63, 3.8) is 0 Å². The third-order valence-electron chi connectivity index (χ3n) is 4.44. The number of hydrogen-bond acceptors (Lipinski definition) is 0. The SMILES string of the molecule is CCCCCCC[N+](CC)(CC)Cc1ccccc1. The third-order valence-corrected chi connectivity index (χ3v) is 4.44. The molecule has 1 aromatic rings. The molecule has 0 N–H and O–H groups in total. The fourth-order valence-corrected chi connectivity index (χ4v) is 2.86. The molecular formula is C18H32N+. The first-order valence-electron chi connectivity index (χ1n) is 8.15. The second-order valence-electron chi connectivity index (χ2n) is 5.76. The summed E-state index contributed by atoms with van der Waals surface area (Å²) < 4.78 is 1.25. The summed E-state index contributed by atoms with van der Waals surface area (Å²) in [7, 11) is 0. The Balaban J connectivity index is 2.49. The molecule has 19 heavy (non-hydrogen) atoms. The Bertz CT molecular complexity index is 314. The van der Waals surface area contributed by atoms with E-state index < -0.39 is 0 Å². The Morgan fingerprint density at radius 1 is 0.789 bits per heavy atom. The smallest absolute Gasteiger partial charge is 0.104 e. The van der Waals surface area contributed by atoms with Crippen LogP contribution in [0.2, 0.25) is 0 Å². The Morgan fingerprint density at radius 3 is 2.00 bits per heavy atom. The highest BCUT2D eigenvalue weighted by Gasteiger charge is 2.22. The lowest BCUT2D eigenvalue weighted by Crippen LogP contribution is -2.47. The summed E-state index contributed by atoms with van der Waals surface area (Å²) in [6.07, 6.45) is 6.94. The molecule has 0 aliphatic heterocycles. The summed E-state index contributed by atoms with van der Waals surface area (Å²) in [5.41, 5.74) is 1.49. The highest BCUT2D eigenvalue weighted by molar-refractivity contribution is 5.13. The van der Waals surface area contributed by atoms with Gasteiger partial charge in [-0.05, 0) is 26.7 Å². The van der Waals surface area contributed by atoms with Gasteiger partial charge < -0.3 is 4.48 Å². The van der Waals surface area contributed by atoms with Gasteiger partial charge in [-0.25, -0.2) is 0 Å². The molecular weight excluding hydrogens is 230 g/mol. The molecule has 0 radical (unpaired) electrons. The van der Waals surface area contributed by atoms with Crippen LogP contribution in [0.5, 0.6) is 0 Å². The van der Waals surface area contributed by atoms with Gasteiger partial charge in [-0.15, -0.1) is 0 Å². The number of hydrogen-bond donors (Lipinski definition) is 0. The fourth-order valence-electron chi connectivity index (χ4n) is 2.86. The van der Waals surface area contributed by atoms with Crippen LogP contribution in [-0.4, -0.2) is 24.1 Å². The molecule has 0 aromatic heterocycles. The minimum absolute atomic E-state index is 1.20. The molecule has 0 spiro atoms. The minimum Gasteiger partial charge on any atom is -0.320 e. The minimum atomic E-state index is 1.20. The van der Waals surface area contributed by atoms with Crippen LogP contribution in [0, 0.1) is 0 Å². The highest BCUT2D eigenvalue weighted by atomic mass is 15.3. The van der Waals surface area contributed by atoms with Crippen molar-refractivity contribution in [1.82, 2.24) is 0 Å². The van der Waals surface area contributed by atoms with E-state index in [0.717, 1.165) is 0 Å². The van der Waals surface area contributed by atoms with E-state index >= 15 is 0 Å². The molecule has 108 valence electrons. The van der Waals surface area contributed by atoms with Gasteiger partial charge in [-0.2, -0.15) is 0 Å². The first kappa shape index (κ1) is 16.2. The molecule has 0 unspecified atom stereocenters. The van der Waals surface area contributed by atoms with Crippen LogP contribution in [0.4, 0.5) is 0 Å². The molecule has 0 heterocycles. The second-order valence-corrected chi connectivity index (χ2v) is 5.76. The van der Waals surface area contributed by atoms with E-state index in [2.05, 4.69) is 51.1 Å². The molecule has 1 aromatic carbocycles. The van der Waals surface area contributed by atoms with Crippen LogP contribution in [-0.2, 0) is 6.54 Å². The zero-order valence-corrected chi connectivity index (χ0v) is 13.2. The zero-order valence-electron chi connectivity index (χ0n) is 13.2. The van der Waals surface area contributed by atoms with Gasteiger partial charge in [0.1, 0.15) is 6.54 Å². The van der Waals surface area contributed by atoms with Gasteiger partial charge in [-0.1, -0.05) is 56.5 Å². The Labute approximate surface area is 120 Å². The van der Waals surface area contributed by atoms with Crippen molar-refractivity contribution in [1.29, 1.82) is 0 Å². The molecule has 1 nitrogen and oxygen atoms in total. The standard InChI is InChI=1S/C18H32N/c1-4-7-8-9-13-16-19(5-2,6-3)17-18-14-11-10-12-15-18/h10-12,14-15H,4-9,13,16-17H2,1-3H3/q+1. The maximum atomic E-state index is 2.35. The topological polar surface area (TPSA) is 0 Å². The van der Waals surface area contributed by atoms with E-state index in [9.17, 15) is 0 Å². The summed E-state index contributed by atoms with van der Waals surface area (Å²) in [5.74, 6) is 0. The number of benzene rings is 1. The lowest BCUT2D eigenvalue weighted by atomic mass is 10.1. The Kier molecular flexibility index (Phi) is 7.81. The van der Waals surface area contributed by atoms with Gasteiger partial charge in [-0.3, -0.25) is 0 Å². The van der Waals surface area contributed by atoms with Crippen molar-refractivity contribution < 1.29 is 4.48 Å². The van der Waals surface area contributed by atoms with Gasteiger partial charge in [0.2, 0.25) is 0 Å². The van der Waals surface area contributed by atoms with E-state index in [1.165, 1.54) is 68.3 Å². The molecule has 1 heteroatoms. The lowest BCUT2D eigenvalue weighted by molar-refractivity contribution is -0.938. The van der Waals surface area contributed by atoms with Crippen LogP contribution >= 0.6 is 0 Å². The maximum Gasteiger partial charge on any atom is 0.104 e. The molecule has 0 amide bonds. The summed E-state index contributed by atoms with van der Waals surface area (Å²) >= 11 is 0. The predicted molar refractivity (Wildman–Crippen MR) is 85.1 cm³/mol. The largest absolute Gasteiger partial charge is 0.320 e. The van der Waals surface area contributed by atoms with Crippen LogP contribution in [0.25, 0.3) is 0 Å². The molecule has 0 saturated carbocycles. The van der Waals surface area contributed by atoms with Crippen molar-refractivity contribution in [2.75, 3.05) is 19.6 Å². The summed E-state index contributed by atoms with van der Waals surface area (Å²) in [4.78, 5) is 0. The fraction of sp³-hybridized carbons (Fsp3) is 0.667. The molecule has 0 fully saturated rings. The maximum absolute atomic E-state index is 2.35. The first-order chi connectivity index (χ1) is 9.26. The van der Waals surface area contributed by atoms with E-state index in [0.29, 0.717) is 0 Å². The summed E-state index contributed by atoms with van der Waals surface area (Å²) in [6.45, 7) is 12.0. The Morgan fingerprint density at radius 2 is 1.42 bits per heavy atom. The van der Waals surface area contributed by atoms with Crippen molar-refractivity contribution in [3.05, 3.63) is 35.9 Å². The van der Waals surface area contributed by atoms with Crippen molar-refractivity contribution in [3.8, 4) is 0 Å². The van der Waals surface area contributed by atoms with Gasteiger partial charge in [0.15, 0.2) is 0 Å². The second kappa shape index (κ2) is 9.14. The Hall–Kier alpha value is -0.820. The van der Waals surface area contributed by atoms with E-state index in [4.69, 9.17) is 0 Å². The predicted octanol–water partition coefficient (Wildman–Crippen LogP) is 5.01. The number of rotatable bonds is 10. The summed E-state index contributed by atoms with van der Waals surface area (Å²) in [5, 5.41) is 0. The molecule has 0 bridgehead atoms. The van der Waals surface area contributed by atoms with Crippen LogP contribution in [0.15, 0.2) is 30.3 Å². The van der Waals surface area contributed by atoms with Crippen molar-refractivity contribution >= 4 is 0 Å². The van der Waals surface area contributed by atoms with E-state index in [1.807, 2.05) is 0 Å². The molecule has 1 rings (SSSR count). The third kappa shape index (κ3) is 5.78. The highest BCUT2D eigenvalue weighted by Crippen LogP contribution is 2.17. The van der Waals surface area contributed by atoms with E-state index in [-0.39, 0.29) is 0 Å². The average molecular weight is 262 g/mol. The average Bonchev–Trinajstić information content (AvgIpc) is 2.47.